The molecule has 0 spiro atoms. The van der Waals surface area contributed by atoms with Crippen LogP contribution in [-0.4, -0.2) is 13.0 Å². The summed E-state index contributed by atoms with van der Waals surface area (Å²) in [6.07, 6.45) is 0.459. The van der Waals surface area contributed by atoms with Gasteiger partial charge in [0.2, 0.25) is 5.91 Å². The van der Waals surface area contributed by atoms with Gasteiger partial charge in [-0.3, -0.25) is 4.79 Å². The van der Waals surface area contributed by atoms with Crippen molar-refractivity contribution in [1.29, 1.82) is 0 Å². The third-order valence-electron chi connectivity index (χ3n) is 3.71. The molecule has 1 heterocycles. The van der Waals surface area contributed by atoms with Crippen molar-refractivity contribution < 1.29 is 4.79 Å². The summed E-state index contributed by atoms with van der Waals surface area (Å²) < 4.78 is 0. The molecule has 0 N–H and O–H groups in total. The summed E-state index contributed by atoms with van der Waals surface area (Å²) in [4.78, 5) is 13.5. The number of nitrogens with zero attached hydrogens (tertiary/aromatic N) is 1. The Morgan fingerprint density at radius 1 is 1.10 bits per heavy atom. The van der Waals surface area contributed by atoms with E-state index >= 15 is 0 Å². The average Bonchev–Trinajstić information content (AvgIpc) is 2.76. The summed E-state index contributed by atoms with van der Waals surface area (Å²) in [7, 11) is 1.80. The zero-order valence-electron chi connectivity index (χ0n) is 11.2. The molecule has 108 valence electrons. The zero-order chi connectivity index (χ0) is 15.1. The van der Waals surface area contributed by atoms with Gasteiger partial charge in [-0.25, -0.2) is 0 Å². The summed E-state index contributed by atoms with van der Waals surface area (Å²) in [5.41, 5.74) is 4.17. The maximum atomic E-state index is 11.7. The van der Waals surface area contributed by atoms with Gasteiger partial charge < -0.3 is 4.90 Å². The Morgan fingerprint density at radius 2 is 1.76 bits per heavy atom. The van der Waals surface area contributed by atoms with Gasteiger partial charge in [0.15, 0.2) is 0 Å². The summed E-state index contributed by atoms with van der Waals surface area (Å²) >= 11 is 15.7. The molecular weight excluding hydrogens is 373 g/mol. The number of anilines is 1. The van der Waals surface area contributed by atoms with E-state index in [1.165, 1.54) is 0 Å². The van der Waals surface area contributed by atoms with Crippen LogP contribution >= 0.6 is 39.1 Å². The molecule has 0 saturated heterocycles. The number of hydrogen-bond donors (Lipinski definition) is 0. The molecule has 1 atom stereocenters. The Kier molecular flexibility index (Phi) is 4.00. The minimum Gasteiger partial charge on any atom is -0.315 e. The van der Waals surface area contributed by atoms with Crippen molar-refractivity contribution in [1.82, 2.24) is 0 Å². The standard InChI is InChI=1S/C16H12BrCl2NO/c1-20-14-5-3-9(6-11(14)8-15(20)21)16(17)10-2-4-12(18)13(19)7-10/h2-7,16H,8H2,1H3. The number of alkyl halides is 1. The Morgan fingerprint density at radius 3 is 2.48 bits per heavy atom. The summed E-state index contributed by atoms with van der Waals surface area (Å²) in [5, 5.41) is 1.08. The predicted molar refractivity (Wildman–Crippen MR) is 90.8 cm³/mol. The molecular formula is C16H12BrCl2NO. The second kappa shape index (κ2) is 5.64. The fourth-order valence-electron chi connectivity index (χ4n) is 2.51. The monoisotopic (exact) mass is 383 g/mol. The second-order valence-electron chi connectivity index (χ2n) is 5.05. The van der Waals surface area contributed by atoms with Gasteiger partial charge in [-0.15, -0.1) is 0 Å². The molecule has 21 heavy (non-hydrogen) atoms. The van der Waals surface area contributed by atoms with E-state index in [9.17, 15) is 4.79 Å². The minimum absolute atomic E-state index is 0.0126. The van der Waals surface area contributed by atoms with Crippen molar-refractivity contribution in [3.63, 3.8) is 0 Å². The first kappa shape index (κ1) is 14.9. The molecule has 0 aromatic heterocycles. The number of benzene rings is 2. The first-order valence-corrected chi connectivity index (χ1v) is 8.13. The van der Waals surface area contributed by atoms with Gasteiger partial charge >= 0.3 is 0 Å². The molecule has 2 aromatic rings. The summed E-state index contributed by atoms with van der Waals surface area (Å²) in [6, 6.07) is 11.7. The van der Waals surface area contributed by atoms with Crippen LogP contribution in [0, 0.1) is 0 Å². The van der Waals surface area contributed by atoms with E-state index in [1.807, 2.05) is 24.3 Å². The highest BCUT2D eigenvalue weighted by atomic mass is 79.9. The molecule has 3 rings (SSSR count). The number of fused-ring (bicyclic) bond motifs is 1. The van der Waals surface area contributed by atoms with Crippen LogP contribution in [0.1, 0.15) is 21.5 Å². The Balaban J connectivity index is 1.96. The zero-order valence-corrected chi connectivity index (χ0v) is 14.3. The van der Waals surface area contributed by atoms with E-state index in [2.05, 4.69) is 22.0 Å². The molecule has 5 heteroatoms. The normalized spacial score (nSPS) is 15.2. The van der Waals surface area contributed by atoms with E-state index in [4.69, 9.17) is 23.2 Å². The molecule has 1 aliphatic rings. The van der Waals surface area contributed by atoms with Crippen molar-refractivity contribution in [2.45, 2.75) is 11.2 Å². The first-order valence-electron chi connectivity index (χ1n) is 6.46. The SMILES string of the molecule is CN1C(=O)Cc2cc(C(Br)c3ccc(Cl)c(Cl)c3)ccc21. The highest BCUT2D eigenvalue weighted by molar-refractivity contribution is 9.09. The van der Waals surface area contributed by atoms with Crippen LogP contribution in [0.15, 0.2) is 36.4 Å². The topological polar surface area (TPSA) is 20.3 Å². The lowest BCUT2D eigenvalue weighted by Crippen LogP contribution is -2.20. The highest BCUT2D eigenvalue weighted by Crippen LogP contribution is 2.37. The van der Waals surface area contributed by atoms with Crippen LogP contribution in [0.4, 0.5) is 5.69 Å². The fourth-order valence-corrected chi connectivity index (χ4v) is 3.39. The van der Waals surface area contributed by atoms with Crippen LogP contribution in [0.5, 0.6) is 0 Å². The molecule has 1 amide bonds. The largest absolute Gasteiger partial charge is 0.315 e. The van der Waals surface area contributed by atoms with E-state index in [0.717, 1.165) is 22.4 Å². The van der Waals surface area contributed by atoms with Crippen LogP contribution in [-0.2, 0) is 11.2 Å². The minimum atomic E-state index is 0.0126. The number of likely N-dealkylation sites (N-methyl/N-ethyl adjacent to an activating group) is 1. The van der Waals surface area contributed by atoms with E-state index < -0.39 is 0 Å². The molecule has 0 fully saturated rings. The third-order valence-corrected chi connectivity index (χ3v) is 5.51. The molecule has 1 unspecified atom stereocenters. The van der Waals surface area contributed by atoms with Crippen molar-refractivity contribution in [3.05, 3.63) is 63.1 Å². The number of carbonyl (C=O) groups excluding carboxylic acids is 1. The van der Waals surface area contributed by atoms with Crippen molar-refractivity contribution >= 4 is 50.7 Å². The Bertz CT molecular complexity index is 732. The van der Waals surface area contributed by atoms with Crippen LogP contribution in [0.25, 0.3) is 0 Å². The molecule has 2 aromatic carbocycles. The van der Waals surface area contributed by atoms with E-state index in [-0.39, 0.29) is 10.7 Å². The predicted octanol–water partition coefficient (Wildman–Crippen LogP) is 5.00. The number of carbonyl (C=O) groups is 1. The summed E-state index contributed by atoms with van der Waals surface area (Å²) in [5.74, 6) is 0.128. The van der Waals surface area contributed by atoms with Gasteiger partial charge in [-0.1, -0.05) is 57.3 Å². The van der Waals surface area contributed by atoms with Crippen molar-refractivity contribution in [2.75, 3.05) is 11.9 Å². The second-order valence-corrected chi connectivity index (χ2v) is 6.78. The van der Waals surface area contributed by atoms with Gasteiger partial charge in [-0.2, -0.15) is 0 Å². The van der Waals surface area contributed by atoms with Gasteiger partial charge in [0.1, 0.15) is 0 Å². The van der Waals surface area contributed by atoms with E-state index in [1.54, 1.807) is 18.0 Å². The van der Waals surface area contributed by atoms with Gasteiger partial charge in [0, 0.05) is 12.7 Å². The molecule has 0 aliphatic carbocycles. The number of rotatable bonds is 2. The lowest BCUT2D eigenvalue weighted by Gasteiger charge is -2.14. The summed E-state index contributed by atoms with van der Waals surface area (Å²) in [6.45, 7) is 0. The Labute approximate surface area is 141 Å². The van der Waals surface area contributed by atoms with Crippen molar-refractivity contribution in [2.24, 2.45) is 0 Å². The molecule has 0 saturated carbocycles. The average molecular weight is 385 g/mol. The number of halogens is 3. The highest BCUT2D eigenvalue weighted by Gasteiger charge is 2.25. The molecule has 2 nitrogen and oxygen atoms in total. The third kappa shape index (κ3) is 2.70. The first-order chi connectivity index (χ1) is 9.97. The molecule has 0 radical (unpaired) electrons. The van der Waals surface area contributed by atoms with E-state index in [0.29, 0.717) is 16.5 Å². The molecule has 1 aliphatic heterocycles. The van der Waals surface area contributed by atoms with Crippen LogP contribution < -0.4 is 4.90 Å². The quantitative estimate of drug-likeness (QED) is 0.667. The Hall–Kier alpha value is -1.03. The lowest BCUT2D eigenvalue weighted by atomic mass is 10.0. The maximum absolute atomic E-state index is 11.7. The smallest absolute Gasteiger partial charge is 0.231 e. The van der Waals surface area contributed by atoms with Crippen LogP contribution in [0.2, 0.25) is 10.0 Å². The lowest BCUT2D eigenvalue weighted by molar-refractivity contribution is -0.117. The van der Waals surface area contributed by atoms with Gasteiger partial charge in [-0.05, 0) is 34.9 Å². The number of amides is 1. The fraction of sp³-hybridized carbons (Fsp3) is 0.188. The molecule has 0 bridgehead atoms. The van der Waals surface area contributed by atoms with Crippen molar-refractivity contribution in [3.8, 4) is 0 Å². The maximum Gasteiger partial charge on any atom is 0.231 e. The van der Waals surface area contributed by atoms with Gasteiger partial charge in [0.25, 0.3) is 0 Å². The van der Waals surface area contributed by atoms with Crippen LogP contribution in [0.3, 0.4) is 0 Å². The number of hydrogen-bond acceptors (Lipinski definition) is 1. The van der Waals surface area contributed by atoms with Gasteiger partial charge in [0.05, 0.1) is 21.3 Å².